The van der Waals surface area contributed by atoms with Crippen molar-refractivity contribution in [3.63, 3.8) is 0 Å². The minimum Gasteiger partial charge on any atom is -0.326 e. The summed E-state index contributed by atoms with van der Waals surface area (Å²) in [7, 11) is 0. The number of hydrogen-bond donors (Lipinski definition) is 4. The molecule has 0 bridgehead atoms. The summed E-state index contributed by atoms with van der Waals surface area (Å²) in [6.45, 7) is 3.74. The highest BCUT2D eigenvalue weighted by atomic mass is 16.2. The Morgan fingerprint density at radius 2 is 0.944 bits per heavy atom. The number of amides is 4. The molecule has 0 aliphatic heterocycles. The van der Waals surface area contributed by atoms with Gasteiger partial charge in [-0.1, -0.05) is 12.1 Å². The van der Waals surface area contributed by atoms with Crippen LogP contribution in [0, 0.1) is 25.7 Å². The highest BCUT2D eigenvalue weighted by Crippen LogP contribution is 2.33. The molecule has 0 spiro atoms. The highest BCUT2D eigenvalue weighted by molar-refractivity contribution is 5.98. The Hall–Kier alpha value is -3.68. The van der Waals surface area contributed by atoms with Gasteiger partial charge in [0.2, 0.25) is 23.6 Å². The van der Waals surface area contributed by atoms with Gasteiger partial charge >= 0.3 is 0 Å². The zero-order valence-electron chi connectivity index (χ0n) is 20.9. The smallest absolute Gasteiger partial charge is 0.227 e. The van der Waals surface area contributed by atoms with E-state index >= 15 is 0 Å². The van der Waals surface area contributed by atoms with Crippen LogP contribution in [0.4, 0.5) is 22.7 Å². The monoisotopic (exact) mass is 490 g/mol. The van der Waals surface area contributed by atoms with E-state index in [2.05, 4.69) is 21.3 Å². The second kappa shape index (κ2) is 11.4. The lowest BCUT2D eigenvalue weighted by Gasteiger charge is -2.14. The third-order valence-corrected chi connectivity index (χ3v) is 6.69. The molecule has 8 heteroatoms. The summed E-state index contributed by atoms with van der Waals surface area (Å²) in [5.74, 6) is 0.0367. The van der Waals surface area contributed by atoms with Crippen LogP contribution in [-0.2, 0) is 19.2 Å². The van der Waals surface area contributed by atoms with Crippen molar-refractivity contribution in [1.82, 2.24) is 0 Å². The molecule has 190 valence electrons. The van der Waals surface area contributed by atoms with Gasteiger partial charge in [0.05, 0.1) is 0 Å². The second-order valence-corrected chi connectivity index (χ2v) is 9.79. The van der Waals surface area contributed by atoms with Gasteiger partial charge in [0.1, 0.15) is 0 Å². The van der Waals surface area contributed by atoms with Crippen LogP contribution in [0.25, 0.3) is 0 Å². The third kappa shape index (κ3) is 6.93. The molecule has 4 rings (SSSR count). The second-order valence-electron chi connectivity index (χ2n) is 9.79. The molecule has 0 aromatic heterocycles. The molecule has 4 N–H and O–H groups in total. The number of rotatable bonds is 11. The van der Waals surface area contributed by atoms with Gasteiger partial charge in [0.25, 0.3) is 0 Å². The number of unbranched alkanes of at least 4 members (excludes halogenated alkanes) is 1. The average molecular weight is 491 g/mol. The molecule has 2 aromatic carbocycles. The van der Waals surface area contributed by atoms with Crippen LogP contribution in [0.3, 0.4) is 0 Å². The standard InChI is InChI=1S/C28H34N4O4/c1-17-21(7-5-9-23(17)31-27(35)19-13-14-19)29-25(33)11-3-4-12-26(34)30-22-8-6-10-24(18(22)2)32-28(36)20-15-16-20/h5-10,19-20H,3-4,11-16H2,1-2H3,(H,29,33)(H,30,34)(H,31,35)(H,32,36). The van der Waals surface area contributed by atoms with Crippen molar-refractivity contribution in [2.45, 2.75) is 65.2 Å². The maximum Gasteiger partial charge on any atom is 0.227 e. The lowest BCUT2D eigenvalue weighted by Crippen LogP contribution is -2.17. The normalized spacial score (nSPS) is 14.6. The molecule has 8 nitrogen and oxygen atoms in total. The predicted molar refractivity (Wildman–Crippen MR) is 141 cm³/mol. The van der Waals surface area contributed by atoms with E-state index in [9.17, 15) is 19.2 Å². The van der Waals surface area contributed by atoms with Crippen LogP contribution in [0.15, 0.2) is 36.4 Å². The lowest BCUT2D eigenvalue weighted by atomic mass is 10.1. The number of carbonyl (C=O) groups is 4. The van der Waals surface area contributed by atoms with Crippen LogP contribution < -0.4 is 21.3 Å². The number of hydrogen-bond acceptors (Lipinski definition) is 4. The lowest BCUT2D eigenvalue weighted by molar-refractivity contribution is -0.118. The first kappa shape index (κ1) is 25.4. The summed E-state index contributed by atoms with van der Waals surface area (Å²) in [6, 6.07) is 10.9. The first-order valence-corrected chi connectivity index (χ1v) is 12.7. The molecule has 0 atom stereocenters. The van der Waals surface area contributed by atoms with E-state index in [1.54, 1.807) is 0 Å². The van der Waals surface area contributed by atoms with E-state index in [1.807, 2.05) is 50.2 Å². The van der Waals surface area contributed by atoms with Gasteiger partial charge in [0, 0.05) is 47.4 Å². The van der Waals surface area contributed by atoms with Crippen LogP contribution in [0.5, 0.6) is 0 Å². The molecule has 2 fully saturated rings. The molecule has 2 aliphatic rings. The largest absolute Gasteiger partial charge is 0.326 e. The molecule has 36 heavy (non-hydrogen) atoms. The average Bonchev–Trinajstić information content (AvgIpc) is 3.74. The Kier molecular flexibility index (Phi) is 8.03. The van der Waals surface area contributed by atoms with Crippen LogP contribution in [0.2, 0.25) is 0 Å². The van der Waals surface area contributed by atoms with E-state index in [0.29, 0.717) is 48.4 Å². The molecule has 2 aliphatic carbocycles. The number of carbonyl (C=O) groups excluding carboxylic acids is 4. The first-order chi connectivity index (χ1) is 17.3. The van der Waals surface area contributed by atoms with E-state index in [-0.39, 0.29) is 35.5 Å². The SMILES string of the molecule is Cc1c(NC(=O)CCCCC(=O)Nc2cccc(NC(=O)C3CC3)c2C)cccc1NC(=O)C1CC1. The molecular formula is C28H34N4O4. The van der Waals surface area contributed by atoms with Crippen molar-refractivity contribution in [3.8, 4) is 0 Å². The van der Waals surface area contributed by atoms with Crippen molar-refractivity contribution < 1.29 is 19.2 Å². The number of anilines is 4. The molecule has 0 heterocycles. The Morgan fingerprint density at radius 3 is 1.28 bits per heavy atom. The maximum atomic E-state index is 12.4. The Labute approximate surface area is 211 Å². The van der Waals surface area contributed by atoms with Crippen molar-refractivity contribution >= 4 is 46.4 Å². The van der Waals surface area contributed by atoms with E-state index < -0.39 is 0 Å². The van der Waals surface area contributed by atoms with Gasteiger partial charge in [0.15, 0.2) is 0 Å². The summed E-state index contributed by atoms with van der Waals surface area (Å²) in [4.78, 5) is 49.0. The van der Waals surface area contributed by atoms with Crippen molar-refractivity contribution in [3.05, 3.63) is 47.5 Å². The number of benzene rings is 2. The van der Waals surface area contributed by atoms with Crippen LogP contribution in [-0.4, -0.2) is 23.6 Å². The van der Waals surface area contributed by atoms with Gasteiger partial charge in [-0.05, 0) is 87.8 Å². The molecule has 2 saturated carbocycles. The molecular weight excluding hydrogens is 456 g/mol. The molecule has 0 saturated heterocycles. The zero-order valence-corrected chi connectivity index (χ0v) is 20.9. The Balaban J connectivity index is 1.19. The first-order valence-electron chi connectivity index (χ1n) is 12.7. The summed E-state index contributed by atoms with van der Waals surface area (Å²) < 4.78 is 0. The topological polar surface area (TPSA) is 116 Å². The van der Waals surface area contributed by atoms with Crippen molar-refractivity contribution in [2.75, 3.05) is 21.3 Å². The Bertz CT molecular complexity index is 1080. The van der Waals surface area contributed by atoms with Crippen LogP contribution >= 0.6 is 0 Å². The van der Waals surface area contributed by atoms with E-state index in [4.69, 9.17) is 0 Å². The molecule has 2 aromatic rings. The zero-order chi connectivity index (χ0) is 25.7. The highest BCUT2D eigenvalue weighted by Gasteiger charge is 2.30. The predicted octanol–water partition coefficient (Wildman–Crippen LogP) is 5.14. The Morgan fingerprint density at radius 1 is 0.611 bits per heavy atom. The third-order valence-electron chi connectivity index (χ3n) is 6.69. The maximum absolute atomic E-state index is 12.4. The summed E-state index contributed by atoms with van der Waals surface area (Å²) in [5, 5.41) is 11.7. The minimum atomic E-state index is -0.126. The molecule has 4 amide bonds. The summed E-state index contributed by atoms with van der Waals surface area (Å²) in [5.41, 5.74) is 4.43. The van der Waals surface area contributed by atoms with E-state index in [0.717, 1.165) is 36.8 Å². The fourth-order valence-electron chi connectivity index (χ4n) is 3.97. The van der Waals surface area contributed by atoms with Gasteiger partial charge < -0.3 is 21.3 Å². The van der Waals surface area contributed by atoms with Gasteiger partial charge in [-0.2, -0.15) is 0 Å². The number of nitrogens with one attached hydrogen (secondary N) is 4. The molecule has 0 unspecified atom stereocenters. The molecule has 0 radical (unpaired) electrons. The van der Waals surface area contributed by atoms with Gasteiger partial charge in [-0.25, -0.2) is 0 Å². The fraction of sp³-hybridized carbons (Fsp3) is 0.429. The van der Waals surface area contributed by atoms with Gasteiger partial charge in [-0.3, -0.25) is 19.2 Å². The quantitative estimate of drug-likeness (QED) is 0.326. The van der Waals surface area contributed by atoms with Gasteiger partial charge in [-0.15, -0.1) is 0 Å². The minimum absolute atomic E-state index is 0.0322. The summed E-state index contributed by atoms with van der Waals surface area (Å²) in [6.07, 6.45) is 5.49. The van der Waals surface area contributed by atoms with Crippen LogP contribution in [0.1, 0.15) is 62.5 Å². The fourth-order valence-corrected chi connectivity index (χ4v) is 3.97. The summed E-state index contributed by atoms with van der Waals surface area (Å²) >= 11 is 0. The van der Waals surface area contributed by atoms with Crippen molar-refractivity contribution in [2.24, 2.45) is 11.8 Å². The van der Waals surface area contributed by atoms with E-state index in [1.165, 1.54) is 0 Å². The van der Waals surface area contributed by atoms with Crippen molar-refractivity contribution in [1.29, 1.82) is 0 Å².